The van der Waals surface area contributed by atoms with Crippen LogP contribution in [0.1, 0.15) is 64.2 Å². The molecule has 0 aliphatic heterocycles. The van der Waals surface area contributed by atoms with Gasteiger partial charge in [0.15, 0.2) is 0 Å². The van der Waals surface area contributed by atoms with Gasteiger partial charge in [-0.3, -0.25) is 9.59 Å². The highest BCUT2D eigenvalue weighted by Gasteiger charge is 2.01. The molecule has 0 aromatic rings. The number of carbonyl (C=O) groups excluding carboxylic acids is 2. The highest BCUT2D eigenvalue weighted by Crippen LogP contribution is 1.99. The van der Waals surface area contributed by atoms with E-state index >= 15 is 0 Å². The van der Waals surface area contributed by atoms with Crippen LogP contribution in [0.4, 0.5) is 0 Å². The summed E-state index contributed by atoms with van der Waals surface area (Å²) in [6.45, 7) is 2.75. The number of unbranched alkanes of at least 4 members (excludes halogenated alkanes) is 5. The fourth-order valence-corrected chi connectivity index (χ4v) is 2.10. The van der Waals surface area contributed by atoms with Crippen LogP contribution in [0.2, 0.25) is 0 Å². The first-order valence-corrected chi connectivity index (χ1v) is 8.64. The zero-order valence-corrected chi connectivity index (χ0v) is 13.9. The van der Waals surface area contributed by atoms with Crippen LogP contribution in [0.5, 0.6) is 0 Å². The number of hydrogen-bond donors (Lipinski definition) is 4. The summed E-state index contributed by atoms with van der Waals surface area (Å²) in [5.41, 5.74) is 10.8. The molecule has 0 spiro atoms. The van der Waals surface area contributed by atoms with Crippen LogP contribution >= 0.6 is 0 Å². The quantitative estimate of drug-likeness (QED) is 0.338. The zero-order chi connectivity index (χ0) is 16.5. The summed E-state index contributed by atoms with van der Waals surface area (Å²) in [5, 5.41) is 5.80. The molecular weight excluding hydrogens is 280 g/mol. The van der Waals surface area contributed by atoms with Crippen LogP contribution in [-0.4, -0.2) is 38.0 Å². The minimum atomic E-state index is 0.112. The largest absolute Gasteiger partial charge is 0.356 e. The Labute approximate surface area is 134 Å². The summed E-state index contributed by atoms with van der Waals surface area (Å²) >= 11 is 0. The van der Waals surface area contributed by atoms with Crippen LogP contribution in [0.3, 0.4) is 0 Å². The second kappa shape index (κ2) is 16.2. The smallest absolute Gasteiger partial charge is 0.219 e. The molecule has 0 rings (SSSR count). The third-order valence-electron chi connectivity index (χ3n) is 3.46. The van der Waals surface area contributed by atoms with Crippen molar-refractivity contribution in [3.63, 3.8) is 0 Å². The van der Waals surface area contributed by atoms with Gasteiger partial charge in [-0.1, -0.05) is 12.8 Å². The van der Waals surface area contributed by atoms with Crippen LogP contribution in [-0.2, 0) is 9.59 Å². The summed E-state index contributed by atoms with van der Waals surface area (Å²) in [6, 6.07) is 0. The van der Waals surface area contributed by atoms with E-state index in [1.54, 1.807) is 0 Å². The van der Waals surface area contributed by atoms with E-state index in [9.17, 15) is 9.59 Å². The molecule has 0 heterocycles. The van der Waals surface area contributed by atoms with Gasteiger partial charge < -0.3 is 22.1 Å². The number of rotatable bonds is 15. The molecule has 0 saturated carbocycles. The number of carbonyl (C=O) groups is 2. The van der Waals surface area contributed by atoms with Crippen molar-refractivity contribution in [2.24, 2.45) is 11.5 Å². The second-order valence-electron chi connectivity index (χ2n) is 5.61. The third kappa shape index (κ3) is 15.3. The standard InChI is InChI=1S/C16H34N4O2/c17-11-5-1-3-9-15(21)19-13-7-8-14-20-16(22)10-4-2-6-12-18/h1-14,17-18H2,(H,19,21)(H,20,22). The molecule has 6 nitrogen and oxygen atoms in total. The monoisotopic (exact) mass is 314 g/mol. The van der Waals surface area contributed by atoms with Gasteiger partial charge >= 0.3 is 0 Å². The Hall–Kier alpha value is -1.14. The molecule has 0 fully saturated rings. The molecule has 0 aliphatic rings. The van der Waals surface area contributed by atoms with E-state index < -0.39 is 0 Å². The summed E-state index contributed by atoms with van der Waals surface area (Å²) < 4.78 is 0. The number of nitrogens with one attached hydrogen (secondary N) is 2. The molecule has 22 heavy (non-hydrogen) atoms. The first-order valence-electron chi connectivity index (χ1n) is 8.64. The summed E-state index contributed by atoms with van der Waals surface area (Å²) in [7, 11) is 0. The maximum atomic E-state index is 11.5. The lowest BCUT2D eigenvalue weighted by Crippen LogP contribution is -2.27. The van der Waals surface area contributed by atoms with Crippen molar-refractivity contribution < 1.29 is 9.59 Å². The first kappa shape index (κ1) is 20.9. The molecule has 0 radical (unpaired) electrons. The number of amides is 2. The second-order valence-corrected chi connectivity index (χ2v) is 5.61. The highest BCUT2D eigenvalue weighted by atomic mass is 16.2. The maximum Gasteiger partial charge on any atom is 0.219 e. The van der Waals surface area contributed by atoms with Gasteiger partial charge in [-0.25, -0.2) is 0 Å². The predicted molar refractivity (Wildman–Crippen MR) is 90.3 cm³/mol. The van der Waals surface area contributed by atoms with Crippen molar-refractivity contribution in [3.05, 3.63) is 0 Å². The lowest BCUT2D eigenvalue weighted by molar-refractivity contribution is -0.122. The van der Waals surface area contributed by atoms with Crippen molar-refractivity contribution in [2.45, 2.75) is 64.2 Å². The van der Waals surface area contributed by atoms with Crippen molar-refractivity contribution in [3.8, 4) is 0 Å². The molecule has 6 heteroatoms. The Morgan fingerprint density at radius 3 is 1.36 bits per heavy atom. The predicted octanol–water partition coefficient (Wildman–Crippen LogP) is 1.04. The molecular formula is C16H34N4O2. The van der Waals surface area contributed by atoms with Crippen molar-refractivity contribution >= 4 is 11.8 Å². The maximum absolute atomic E-state index is 11.5. The van der Waals surface area contributed by atoms with E-state index in [0.717, 1.165) is 51.4 Å². The Morgan fingerprint density at radius 2 is 1.00 bits per heavy atom. The van der Waals surface area contributed by atoms with Gasteiger partial charge in [0.25, 0.3) is 0 Å². The minimum Gasteiger partial charge on any atom is -0.356 e. The summed E-state index contributed by atoms with van der Waals surface area (Å²) in [6.07, 6.45) is 8.76. The molecule has 0 saturated heterocycles. The fourth-order valence-electron chi connectivity index (χ4n) is 2.10. The molecule has 0 bridgehead atoms. The normalized spacial score (nSPS) is 10.5. The van der Waals surface area contributed by atoms with E-state index in [4.69, 9.17) is 11.5 Å². The van der Waals surface area contributed by atoms with Crippen molar-refractivity contribution in [1.82, 2.24) is 10.6 Å². The average Bonchev–Trinajstić information content (AvgIpc) is 2.51. The van der Waals surface area contributed by atoms with Gasteiger partial charge in [0.05, 0.1) is 0 Å². The average molecular weight is 314 g/mol. The number of hydrogen-bond acceptors (Lipinski definition) is 4. The van der Waals surface area contributed by atoms with Crippen molar-refractivity contribution in [1.29, 1.82) is 0 Å². The summed E-state index contributed by atoms with van der Waals surface area (Å²) in [5.74, 6) is 0.224. The van der Waals surface area contributed by atoms with E-state index in [1.807, 2.05) is 0 Å². The van der Waals surface area contributed by atoms with Crippen molar-refractivity contribution in [2.75, 3.05) is 26.2 Å². The Kier molecular flexibility index (Phi) is 15.4. The van der Waals surface area contributed by atoms with Gasteiger partial charge in [-0.2, -0.15) is 0 Å². The van der Waals surface area contributed by atoms with Gasteiger partial charge in [-0.05, 0) is 51.6 Å². The van der Waals surface area contributed by atoms with Crippen LogP contribution in [0.15, 0.2) is 0 Å². The summed E-state index contributed by atoms with van der Waals surface area (Å²) in [4.78, 5) is 23.0. The molecule has 0 aromatic carbocycles. The Balaban J connectivity index is 3.28. The van der Waals surface area contributed by atoms with E-state index in [0.29, 0.717) is 39.0 Å². The minimum absolute atomic E-state index is 0.112. The molecule has 0 aliphatic carbocycles. The van der Waals surface area contributed by atoms with Crippen LogP contribution in [0, 0.1) is 0 Å². The molecule has 0 atom stereocenters. The van der Waals surface area contributed by atoms with Crippen LogP contribution in [0.25, 0.3) is 0 Å². The lowest BCUT2D eigenvalue weighted by atomic mass is 10.2. The van der Waals surface area contributed by atoms with Gasteiger partial charge in [0.2, 0.25) is 11.8 Å². The van der Waals surface area contributed by atoms with E-state index in [2.05, 4.69) is 10.6 Å². The molecule has 0 aromatic heterocycles. The molecule has 0 unspecified atom stereocenters. The highest BCUT2D eigenvalue weighted by molar-refractivity contribution is 5.76. The van der Waals surface area contributed by atoms with Gasteiger partial charge in [0, 0.05) is 25.9 Å². The fraction of sp³-hybridized carbons (Fsp3) is 0.875. The van der Waals surface area contributed by atoms with Gasteiger partial charge in [0.1, 0.15) is 0 Å². The van der Waals surface area contributed by atoms with E-state index in [-0.39, 0.29) is 11.8 Å². The topological polar surface area (TPSA) is 110 Å². The SMILES string of the molecule is NCCCCCC(=O)NCCCCNC(=O)CCCCCN. The molecule has 2 amide bonds. The zero-order valence-electron chi connectivity index (χ0n) is 13.9. The Bertz CT molecular complexity index is 257. The van der Waals surface area contributed by atoms with Gasteiger partial charge in [-0.15, -0.1) is 0 Å². The third-order valence-corrected chi connectivity index (χ3v) is 3.46. The molecule has 6 N–H and O–H groups in total. The number of nitrogens with two attached hydrogens (primary N) is 2. The van der Waals surface area contributed by atoms with Crippen LogP contribution < -0.4 is 22.1 Å². The first-order chi connectivity index (χ1) is 10.7. The lowest BCUT2D eigenvalue weighted by Gasteiger charge is -2.07. The van der Waals surface area contributed by atoms with E-state index in [1.165, 1.54) is 0 Å². The Morgan fingerprint density at radius 1 is 0.591 bits per heavy atom. The molecule has 130 valence electrons.